The van der Waals surface area contributed by atoms with Crippen LogP contribution in [0.25, 0.3) is 0 Å². The van der Waals surface area contributed by atoms with Crippen LogP contribution in [0.1, 0.15) is 29.9 Å². The Morgan fingerprint density at radius 1 is 1.32 bits per heavy atom. The molecule has 1 aliphatic rings. The molecule has 0 radical (unpaired) electrons. The van der Waals surface area contributed by atoms with E-state index in [1.165, 1.54) is 34.6 Å². The number of nitrogens with one attached hydrogen (secondary N) is 1. The number of ether oxygens (including phenoxy) is 1. The Morgan fingerprint density at radius 3 is 2.95 bits per heavy atom. The highest BCUT2D eigenvalue weighted by molar-refractivity contribution is 5.44. The normalized spacial score (nSPS) is 18.6. The molecule has 0 fully saturated rings. The zero-order valence-electron chi connectivity index (χ0n) is 13.3. The van der Waals surface area contributed by atoms with Gasteiger partial charge in [-0.1, -0.05) is 6.07 Å². The molecule has 0 amide bonds. The van der Waals surface area contributed by atoms with E-state index in [2.05, 4.69) is 30.2 Å². The van der Waals surface area contributed by atoms with Crippen LogP contribution in [-0.2, 0) is 6.42 Å². The van der Waals surface area contributed by atoms with Crippen molar-refractivity contribution in [3.63, 3.8) is 0 Å². The number of quaternary nitrogens is 1. The summed E-state index contributed by atoms with van der Waals surface area (Å²) in [6, 6.07) is 12.6. The summed E-state index contributed by atoms with van der Waals surface area (Å²) in [6.45, 7) is 0.743. The highest BCUT2D eigenvalue weighted by atomic mass is 16.5. The summed E-state index contributed by atoms with van der Waals surface area (Å²) in [4.78, 5) is 5.71. The number of nitrogens with zero attached hydrogens (tertiary/aromatic N) is 1. The zero-order chi connectivity index (χ0) is 15.5. The minimum Gasteiger partial charge on any atom is -0.481 e. The summed E-state index contributed by atoms with van der Waals surface area (Å²) in [7, 11) is 3.76. The number of hydrogen-bond acceptors (Lipinski definition) is 3. The summed E-state index contributed by atoms with van der Waals surface area (Å²) in [5.41, 5.74) is 10.0. The molecule has 0 spiro atoms. The van der Waals surface area contributed by atoms with Gasteiger partial charge in [0.2, 0.25) is 11.7 Å². The molecule has 0 saturated carbocycles. The maximum Gasteiger partial charge on any atom is 0.234 e. The SMILES string of the molecule is COc1cccc([NH+](C)c2ccc3c(c2)CCC[C@H]3CN)n1. The van der Waals surface area contributed by atoms with E-state index < -0.39 is 0 Å². The highest BCUT2D eigenvalue weighted by Crippen LogP contribution is 2.32. The third kappa shape index (κ3) is 2.85. The second-order valence-corrected chi connectivity index (χ2v) is 5.93. The van der Waals surface area contributed by atoms with Crippen molar-refractivity contribution in [2.45, 2.75) is 25.2 Å². The molecule has 22 heavy (non-hydrogen) atoms. The Balaban J connectivity index is 1.91. The average molecular weight is 298 g/mol. The van der Waals surface area contributed by atoms with Crippen LogP contribution < -0.4 is 15.4 Å². The Bertz CT molecular complexity index is 657. The molecule has 3 rings (SSSR count). The third-order valence-corrected chi connectivity index (χ3v) is 4.62. The summed E-state index contributed by atoms with van der Waals surface area (Å²) in [5, 5.41) is 0. The van der Waals surface area contributed by atoms with Crippen molar-refractivity contribution < 1.29 is 9.64 Å². The van der Waals surface area contributed by atoms with Gasteiger partial charge in [0.05, 0.1) is 14.2 Å². The van der Waals surface area contributed by atoms with Gasteiger partial charge in [0.15, 0.2) is 0 Å². The van der Waals surface area contributed by atoms with E-state index >= 15 is 0 Å². The Morgan fingerprint density at radius 2 is 2.18 bits per heavy atom. The van der Waals surface area contributed by atoms with Crippen LogP contribution in [0.4, 0.5) is 11.5 Å². The molecule has 0 bridgehead atoms. The molecule has 2 atom stereocenters. The molecular weight excluding hydrogens is 274 g/mol. The number of aromatic nitrogens is 1. The van der Waals surface area contributed by atoms with Crippen LogP contribution in [-0.4, -0.2) is 25.7 Å². The molecule has 1 heterocycles. The van der Waals surface area contributed by atoms with Crippen LogP contribution in [0.3, 0.4) is 0 Å². The molecule has 0 aliphatic heterocycles. The fourth-order valence-corrected chi connectivity index (χ4v) is 3.28. The number of methoxy groups -OCH3 is 1. The van der Waals surface area contributed by atoms with Crippen molar-refractivity contribution in [2.75, 3.05) is 20.7 Å². The lowest BCUT2D eigenvalue weighted by Crippen LogP contribution is -2.98. The number of nitrogens with two attached hydrogens (primary N) is 1. The molecule has 1 unspecified atom stereocenters. The smallest absolute Gasteiger partial charge is 0.234 e. The lowest BCUT2D eigenvalue weighted by molar-refractivity contribution is -0.738. The molecule has 0 saturated heterocycles. The number of rotatable bonds is 4. The quantitative estimate of drug-likeness (QED) is 0.907. The molecule has 1 aromatic carbocycles. The summed E-state index contributed by atoms with van der Waals surface area (Å²) in [6.07, 6.45) is 3.59. The molecule has 1 aromatic heterocycles. The van der Waals surface area contributed by atoms with Crippen LogP contribution in [0.5, 0.6) is 5.88 Å². The van der Waals surface area contributed by atoms with Crippen molar-refractivity contribution in [3.8, 4) is 5.88 Å². The van der Waals surface area contributed by atoms with E-state index in [-0.39, 0.29) is 0 Å². The molecule has 116 valence electrons. The van der Waals surface area contributed by atoms with Crippen molar-refractivity contribution >= 4 is 11.5 Å². The minimum absolute atomic E-state index is 0.521. The standard InChI is InChI=1S/C18H23N3O/c1-21(17-7-4-8-18(20-17)22-2)15-9-10-16-13(11-15)5-3-6-14(16)12-19/h4,7-11,14H,3,5-6,12,19H2,1-2H3/p+1/t14-/m0/s1. The Kier molecular flexibility index (Phi) is 4.41. The van der Waals surface area contributed by atoms with Crippen LogP contribution in [0.15, 0.2) is 36.4 Å². The van der Waals surface area contributed by atoms with E-state index in [1.54, 1.807) is 7.11 Å². The maximum absolute atomic E-state index is 5.91. The topological polar surface area (TPSA) is 52.6 Å². The largest absolute Gasteiger partial charge is 0.481 e. The van der Waals surface area contributed by atoms with Gasteiger partial charge < -0.3 is 10.5 Å². The fourth-order valence-electron chi connectivity index (χ4n) is 3.28. The number of pyridine rings is 1. The van der Waals surface area contributed by atoms with Crippen molar-refractivity contribution in [2.24, 2.45) is 5.73 Å². The van der Waals surface area contributed by atoms with E-state index in [9.17, 15) is 0 Å². The monoisotopic (exact) mass is 298 g/mol. The summed E-state index contributed by atoms with van der Waals surface area (Å²) >= 11 is 0. The van der Waals surface area contributed by atoms with Gasteiger partial charge in [-0.3, -0.25) is 4.90 Å². The number of fused-ring (bicyclic) bond motifs is 1. The maximum atomic E-state index is 5.91. The van der Waals surface area contributed by atoms with Gasteiger partial charge >= 0.3 is 0 Å². The second-order valence-electron chi connectivity index (χ2n) is 5.93. The van der Waals surface area contributed by atoms with Gasteiger partial charge in [0.1, 0.15) is 5.69 Å². The fraction of sp³-hybridized carbons (Fsp3) is 0.389. The predicted octanol–water partition coefficient (Wildman–Crippen LogP) is 1.95. The molecule has 4 nitrogen and oxygen atoms in total. The van der Waals surface area contributed by atoms with E-state index in [4.69, 9.17) is 10.5 Å². The van der Waals surface area contributed by atoms with Gasteiger partial charge in [0, 0.05) is 18.2 Å². The van der Waals surface area contributed by atoms with Crippen molar-refractivity contribution in [1.29, 1.82) is 0 Å². The third-order valence-electron chi connectivity index (χ3n) is 4.62. The first-order valence-corrected chi connectivity index (χ1v) is 7.91. The highest BCUT2D eigenvalue weighted by Gasteiger charge is 2.21. The predicted molar refractivity (Wildman–Crippen MR) is 88.2 cm³/mol. The van der Waals surface area contributed by atoms with Crippen LogP contribution in [0.2, 0.25) is 0 Å². The van der Waals surface area contributed by atoms with E-state index in [1.807, 2.05) is 18.2 Å². The first-order chi connectivity index (χ1) is 10.7. The molecule has 4 heteroatoms. The van der Waals surface area contributed by atoms with Crippen LogP contribution >= 0.6 is 0 Å². The lowest BCUT2D eigenvalue weighted by atomic mass is 9.82. The summed E-state index contributed by atoms with van der Waals surface area (Å²) in [5.74, 6) is 2.14. The van der Waals surface area contributed by atoms with E-state index in [0.717, 1.165) is 18.8 Å². The van der Waals surface area contributed by atoms with Gasteiger partial charge in [-0.25, -0.2) is 0 Å². The average Bonchev–Trinajstić information content (AvgIpc) is 2.60. The number of hydrogen-bond donors (Lipinski definition) is 2. The molecule has 3 N–H and O–H groups in total. The Labute approximate surface area is 131 Å². The lowest BCUT2D eigenvalue weighted by Gasteiger charge is -2.25. The number of benzene rings is 1. The Hall–Kier alpha value is -1.91. The van der Waals surface area contributed by atoms with Gasteiger partial charge in [-0.15, -0.1) is 0 Å². The zero-order valence-corrected chi connectivity index (χ0v) is 13.3. The number of aryl methyl sites for hydroxylation is 1. The van der Waals surface area contributed by atoms with E-state index in [0.29, 0.717) is 11.8 Å². The first kappa shape index (κ1) is 15.0. The molecule has 1 aliphatic carbocycles. The van der Waals surface area contributed by atoms with Crippen molar-refractivity contribution in [1.82, 2.24) is 4.98 Å². The summed E-state index contributed by atoms with van der Waals surface area (Å²) < 4.78 is 5.22. The first-order valence-electron chi connectivity index (χ1n) is 7.91. The molecule has 2 aromatic rings. The molecular formula is C18H24N3O+. The van der Waals surface area contributed by atoms with Gasteiger partial charge in [-0.2, -0.15) is 4.98 Å². The van der Waals surface area contributed by atoms with Crippen molar-refractivity contribution in [3.05, 3.63) is 47.5 Å². The van der Waals surface area contributed by atoms with Gasteiger partial charge in [-0.05, 0) is 55.0 Å². The minimum atomic E-state index is 0.521. The second kappa shape index (κ2) is 6.46. The van der Waals surface area contributed by atoms with Gasteiger partial charge in [0.25, 0.3) is 0 Å². The van der Waals surface area contributed by atoms with Crippen LogP contribution in [0, 0.1) is 0 Å².